The number of fused-ring (bicyclic) bond motifs is 1. The van der Waals surface area contributed by atoms with E-state index in [1.807, 2.05) is 0 Å². The normalized spacial score (nSPS) is 17.1. The topological polar surface area (TPSA) is 80.1 Å². The number of nitrogens with one attached hydrogen (secondary N) is 1. The van der Waals surface area contributed by atoms with Gasteiger partial charge in [0.1, 0.15) is 5.56 Å². The number of likely N-dealkylation sites (tertiary alicyclic amines) is 1. The summed E-state index contributed by atoms with van der Waals surface area (Å²) < 4.78 is 71.1. The van der Waals surface area contributed by atoms with E-state index in [1.165, 1.54) is 18.3 Å². The van der Waals surface area contributed by atoms with E-state index in [2.05, 4.69) is 43.0 Å². The highest BCUT2D eigenvalue weighted by molar-refractivity contribution is 9.10. The molecule has 200 valence electrons. The van der Waals surface area contributed by atoms with Crippen LogP contribution in [0.5, 0.6) is 0 Å². The van der Waals surface area contributed by atoms with Gasteiger partial charge < -0.3 is 10.2 Å². The zero-order valence-electron chi connectivity index (χ0n) is 20.4. The molecule has 4 aromatic rings. The summed E-state index contributed by atoms with van der Waals surface area (Å²) in [6, 6.07) is 12.5. The molecular weight excluding hydrogens is 583 g/mol. The van der Waals surface area contributed by atoms with Gasteiger partial charge in [0.25, 0.3) is 10.0 Å². The van der Waals surface area contributed by atoms with Crippen molar-refractivity contribution in [1.82, 2.24) is 18.8 Å². The Bertz CT molecular complexity index is 1580. The van der Waals surface area contributed by atoms with Crippen molar-refractivity contribution in [1.29, 1.82) is 0 Å². The van der Waals surface area contributed by atoms with Gasteiger partial charge in [0.2, 0.25) is 5.95 Å². The number of aromatic nitrogens is 3. The summed E-state index contributed by atoms with van der Waals surface area (Å²) in [6.07, 6.45) is -0.976. The zero-order valence-corrected chi connectivity index (χ0v) is 22.8. The fourth-order valence-electron chi connectivity index (χ4n) is 4.77. The van der Waals surface area contributed by atoms with Gasteiger partial charge in [-0.15, -0.1) is 0 Å². The molecule has 1 aliphatic rings. The number of likely N-dealkylation sites (N-methyl/N-ethyl adjacent to an activating group) is 1. The van der Waals surface area contributed by atoms with E-state index in [9.17, 15) is 21.6 Å². The third-order valence-electron chi connectivity index (χ3n) is 6.67. The van der Waals surface area contributed by atoms with Crippen LogP contribution in [0.2, 0.25) is 0 Å². The Kier molecular flexibility index (Phi) is 7.23. The fourth-order valence-corrected chi connectivity index (χ4v) is 6.50. The van der Waals surface area contributed by atoms with Crippen LogP contribution in [-0.4, -0.2) is 52.9 Å². The molecule has 0 radical (unpaired) electrons. The molecule has 0 amide bonds. The number of hydrogen-bond acceptors (Lipinski definition) is 6. The van der Waals surface area contributed by atoms with Gasteiger partial charge in [-0.25, -0.2) is 22.4 Å². The highest BCUT2D eigenvalue weighted by Gasteiger charge is 2.37. The SMILES string of the molecule is CCN1CCC[C@H](Nc2ncc(C(F)(F)F)c(-c3cn(S(=O)(=O)c4ccccc4)c4cc(Br)ccc34)n2)C1. The summed E-state index contributed by atoms with van der Waals surface area (Å²) in [4.78, 5) is 10.6. The third kappa shape index (κ3) is 5.16. The first-order chi connectivity index (χ1) is 18.1. The third-order valence-corrected chi connectivity index (χ3v) is 8.85. The largest absolute Gasteiger partial charge is 0.419 e. The molecule has 1 saturated heterocycles. The van der Waals surface area contributed by atoms with Crippen molar-refractivity contribution < 1.29 is 21.6 Å². The van der Waals surface area contributed by atoms with Gasteiger partial charge in [-0.2, -0.15) is 13.2 Å². The molecule has 1 atom stereocenters. The highest BCUT2D eigenvalue weighted by atomic mass is 79.9. The first kappa shape index (κ1) is 26.6. The molecule has 38 heavy (non-hydrogen) atoms. The number of halogens is 4. The first-order valence-electron chi connectivity index (χ1n) is 12.1. The van der Waals surface area contributed by atoms with Gasteiger partial charge in [0, 0.05) is 40.4 Å². The van der Waals surface area contributed by atoms with Gasteiger partial charge >= 0.3 is 6.18 Å². The standard InChI is InChI=1S/C26H25BrF3N5O2S/c1-2-34-12-6-7-18(15-34)32-25-31-14-22(26(28,29)30)24(33-25)21-16-35(23-13-17(27)10-11-20(21)23)38(36,37)19-8-4-3-5-9-19/h3-5,8-11,13-14,16,18H,2,6-7,12,15H2,1H3,(H,31,32,33)/t18-/m0/s1. The minimum absolute atomic E-state index is 0.0101. The minimum Gasteiger partial charge on any atom is -0.350 e. The molecule has 0 unspecified atom stereocenters. The van der Waals surface area contributed by atoms with Crippen molar-refractivity contribution in [2.75, 3.05) is 25.0 Å². The highest BCUT2D eigenvalue weighted by Crippen LogP contribution is 2.40. The van der Waals surface area contributed by atoms with Gasteiger partial charge in [-0.3, -0.25) is 0 Å². The van der Waals surface area contributed by atoms with Crippen LogP contribution in [0.1, 0.15) is 25.3 Å². The van der Waals surface area contributed by atoms with Crippen LogP contribution in [-0.2, 0) is 16.2 Å². The molecule has 0 spiro atoms. The number of piperidine rings is 1. The van der Waals surface area contributed by atoms with Crippen LogP contribution in [0, 0.1) is 0 Å². The maximum atomic E-state index is 14.2. The molecule has 7 nitrogen and oxygen atoms in total. The summed E-state index contributed by atoms with van der Waals surface area (Å²) in [6.45, 7) is 4.65. The Labute approximate surface area is 226 Å². The number of rotatable bonds is 6. The first-order valence-corrected chi connectivity index (χ1v) is 14.4. The van der Waals surface area contributed by atoms with E-state index in [-0.39, 0.29) is 33.7 Å². The fraction of sp³-hybridized carbons (Fsp3) is 0.308. The van der Waals surface area contributed by atoms with Crippen LogP contribution in [0.3, 0.4) is 0 Å². The van der Waals surface area contributed by atoms with Crippen molar-refractivity contribution in [3.63, 3.8) is 0 Å². The monoisotopic (exact) mass is 607 g/mol. The summed E-state index contributed by atoms with van der Waals surface area (Å²) >= 11 is 3.35. The lowest BCUT2D eigenvalue weighted by atomic mass is 10.1. The summed E-state index contributed by atoms with van der Waals surface area (Å²) in [7, 11) is -4.11. The lowest BCUT2D eigenvalue weighted by molar-refractivity contribution is -0.137. The Hall–Kier alpha value is -2.96. The van der Waals surface area contributed by atoms with Crippen molar-refractivity contribution in [3.05, 3.63) is 71.0 Å². The van der Waals surface area contributed by atoms with Gasteiger partial charge in [0.15, 0.2) is 0 Å². The van der Waals surface area contributed by atoms with E-state index >= 15 is 0 Å². The van der Waals surface area contributed by atoms with Crippen LogP contribution >= 0.6 is 15.9 Å². The molecular formula is C26H25BrF3N5O2S. The van der Waals surface area contributed by atoms with E-state index in [4.69, 9.17) is 0 Å². The van der Waals surface area contributed by atoms with E-state index in [1.54, 1.807) is 36.4 Å². The lowest BCUT2D eigenvalue weighted by Gasteiger charge is -2.32. The number of anilines is 1. The van der Waals surface area contributed by atoms with Crippen LogP contribution < -0.4 is 5.32 Å². The van der Waals surface area contributed by atoms with Crippen molar-refractivity contribution in [2.45, 2.75) is 36.9 Å². The van der Waals surface area contributed by atoms with E-state index < -0.39 is 21.8 Å². The van der Waals surface area contributed by atoms with E-state index in [0.717, 1.165) is 42.6 Å². The maximum Gasteiger partial charge on any atom is 0.419 e. The molecule has 5 rings (SSSR count). The predicted molar refractivity (Wildman–Crippen MR) is 143 cm³/mol. The quantitative estimate of drug-likeness (QED) is 0.289. The zero-order chi connectivity index (χ0) is 27.1. The number of nitrogens with zero attached hydrogens (tertiary/aromatic N) is 4. The number of alkyl halides is 3. The molecule has 0 bridgehead atoms. The van der Waals surface area contributed by atoms with Gasteiger partial charge in [-0.05, 0) is 50.2 Å². The maximum absolute atomic E-state index is 14.2. The van der Waals surface area contributed by atoms with Crippen molar-refractivity contribution >= 4 is 42.8 Å². The molecule has 1 aliphatic heterocycles. The molecule has 0 aliphatic carbocycles. The second-order valence-electron chi connectivity index (χ2n) is 9.15. The Morgan fingerprint density at radius 2 is 1.92 bits per heavy atom. The second-order valence-corrected chi connectivity index (χ2v) is 11.9. The molecule has 12 heteroatoms. The lowest BCUT2D eigenvalue weighted by Crippen LogP contribution is -2.42. The van der Waals surface area contributed by atoms with Crippen LogP contribution in [0.4, 0.5) is 19.1 Å². The molecule has 1 N–H and O–H groups in total. The average Bonchev–Trinajstić information content (AvgIpc) is 3.28. The van der Waals surface area contributed by atoms with Crippen molar-refractivity contribution in [3.8, 4) is 11.3 Å². The van der Waals surface area contributed by atoms with Gasteiger partial charge in [-0.1, -0.05) is 47.1 Å². The molecule has 2 aromatic carbocycles. The van der Waals surface area contributed by atoms with Crippen molar-refractivity contribution in [2.24, 2.45) is 0 Å². The molecule has 1 fully saturated rings. The molecule has 0 saturated carbocycles. The summed E-state index contributed by atoms with van der Waals surface area (Å²) in [5.41, 5.74) is -1.15. The number of hydrogen-bond donors (Lipinski definition) is 1. The minimum atomic E-state index is -4.75. The Balaban J connectivity index is 1.67. The Morgan fingerprint density at radius 1 is 1.16 bits per heavy atom. The smallest absolute Gasteiger partial charge is 0.350 e. The summed E-state index contributed by atoms with van der Waals surface area (Å²) in [5, 5.41) is 3.51. The molecule has 2 aromatic heterocycles. The van der Waals surface area contributed by atoms with Crippen LogP contribution in [0.15, 0.2) is 70.3 Å². The molecule has 3 heterocycles. The Morgan fingerprint density at radius 3 is 2.63 bits per heavy atom. The van der Waals surface area contributed by atoms with Crippen LogP contribution in [0.25, 0.3) is 22.2 Å². The van der Waals surface area contributed by atoms with E-state index in [0.29, 0.717) is 9.86 Å². The summed E-state index contributed by atoms with van der Waals surface area (Å²) in [5.74, 6) is 0.0693. The second kappa shape index (κ2) is 10.3. The predicted octanol–water partition coefficient (Wildman–Crippen LogP) is 6.01. The number of benzene rings is 2. The van der Waals surface area contributed by atoms with Gasteiger partial charge in [0.05, 0.1) is 16.1 Å². The average molecular weight is 608 g/mol.